The highest BCUT2D eigenvalue weighted by molar-refractivity contribution is 7.92. The highest BCUT2D eigenvalue weighted by Gasteiger charge is 2.31. The van der Waals surface area contributed by atoms with Crippen LogP contribution < -0.4 is 13.8 Å². The molecule has 0 aliphatic rings. The molecule has 0 atom stereocenters. The molecule has 0 aliphatic heterocycles. The smallest absolute Gasteiger partial charge is 0.268 e. The summed E-state index contributed by atoms with van der Waals surface area (Å²) < 4.78 is 65.9. The van der Waals surface area contributed by atoms with E-state index in [9.17, 15) is 17.2 Å². The largest absolute Gasteiger partial charge is 0.497 e. The molecule has 7 nitrogen and oxygen atoms in total. The van der Waals surface area contributed by atoms with E-state index in [1.807, 2.05) is 13.8 Å². The summed E-state index contributed by atoms with van der Waals surface area (Å²) in [5.41, 5.74) is 0.453. The number of methoxy groups -OCH3 is 2. The van der Waals surface area contributed by atoms with Gasteiger partial charge in [-0.2, -0.15) is 0 Å². The van der Waals surface area contributed by atoms with Crippen molar-refractivity contribution in [2.75, 3.05) is 18.5 Å². The number of hydrogen-bond donors (Lipinski definition) is 0. The fourth-order valence-electron chi connectivity index (χ4n) is 2.68. The molecule has 1 heterocycles. The van der Waals surface area contributed by atoms with E-state index in [0.29, 0.717) is 23.1 Å². The van der Waals surface area contributed by atoms with Crippen molar-refractivity contribution >= 4 is 27.4 Å². The lowest BCUT2D eigenvalue weighted by molar-refractivity contribution is 0.391. The Hall–Kier alpha value is -2.98. The number of rotatable bonds is 7. The molecule has 2 aromatic carbocycles. The van der Waals surface area contributed by atoms with E-state index in [1.54, 1.807) is 18.2 Å². The first kappa shape index (κ1) is 25.3. The third-order valence-electron chi connectivity index (χ3n) is 4.17. The molecule has 3 aromatic rings. The maximum Gasteiger partial charge on any atom is 0.268 e. The summed E-state index contributed by atoms with van der Waals surface area (Å²) in [4.78, 5) is 6.95. The Kier molecular flexibility index (Phi) is 8.73. The minimum atomic E-state index is -4.53. The zero-order chi connectivity index (χ0) is 23.9. The van der Waals surface area contributed by atoms with Crippen LogP contribution in [0.15, 0.2) is 53.8 Å². The molecule has 0 N–H and O–H groups in total. The minimum absolute atomic E-state index is 0.0253. The number of aromatic nitrogens is 2. The third-order valence-corrected chi connectivity index (χ3v) is 6.23. The van der Waals surface area contributed by atoms with Gasteiger partial charge in [-0.15, -0.1) is 0 Å². The summed E-state index contributed by atoms with van der Waals surface area (Å²) in [7, 11) is -1.64. The van der Waals surface area contributed by atoms with E-state index in [4.69, 9.17) is 21.1 Å². The molecule has 172 valence electrons. The topological polar surface area (TPSA) is 81.6 Å². The van der Waals surface area contributed by atoms with Crippen molar-refractivity contribution < 1.29 is 26.7 Å². The van der Waals surface area contributed by atoms with Gasteiger partial charge in [-0.25, -0.2) is 31.5 Å². The van der Waals surface area contributed by atoms with Crippen LogP contribution in [0.2, 0.25) is 5.02 Å². The molecule has 0 spiro atoms. The molecule has 0 amide bonds. The van der Waals surface area contributed by atoms with Gasteiger partial charge in [-0.3, -0.25) is 0 Å². The Balaban J connectivity index is 0.00000176. The molecule has 11 heteroatoms. The summed E-state index contributed by atoms with van der Waals surface area (Å²) in [6, 6.07) is 7.29. The van der Waals surface area contributed by atoms with E-state index < -0.39 is 31.6 Å². The number of hydrogen-bond acceptors (Lipinski definition) is 6. The van der Waals surface area contributed by atoms with E-state index in [-0.39, 0.29) is 12.4 Å². The van der Waals surface area contributed by atoms with Crippen LogP contribution in [0.3, 0.4) is 0 Å². The number of sulfonamides is 1. The average molecular weight is 486 g/mol. The van der Waals surface area contributed by atoms with Gasteiger partial charge in [0.25, 0.3) is 10.0 Å². The lowest BCUT2D eigenvalue weighted by atomic mass is 10.2. The van der Waals surface area contributed by atoms with E-state index >= 15 is 0 Å². The lowest BCUT2D eigenvalue weighted by Crippen LogP contribution is -2.32. The molecule has 32 heavy (non-hydrogen) atoms. The van der Waals surface area contributed by atoms with Crippen molar-refractivity contribution in [3.05, 3.63) is 71.1 Å². The van der Waals surface area contributed by atoms with Crippen LogP contribution in [0.25, 0.3) is 0 Å². The van der Waals surface area contributed by atoms with E-state index in [2.05, 4.69) is 9.97 Å². The summed E-state index contributed by atoms with van der Waals surface area (Å²) >= 11 is 5.70. The Morgan fingerprint density at radius 3 is 2.34 bits per heavy atom. The molecule has 0 bridgehead atoms. The first-order valence-electron chi connectivity index (χ1n) is 9.42. The molecule has 1 aromatic heterocycles. The SMILES string of the molecule is CC.COc1ccc(CN(c2ccncn2)S(=O)(=O)c2cc(Cl)c(F)cc2F)c(OC)c1. The molecule has 0 saturated heterocycles. The summed E-state index contributed by atoms with van der Waals surface area (Å²) in [5, 5.41) is -0.528. The van der Waals surface area contributed by atoms with E-state index in [1.165, 1.54) is 26.5 Å². The van der Waals surface area contributed by atoms with Gasteiger partial charge in [0, 0.05) is 30.0 Å². The van der Waals surface area contributed by atoms with Crippen LogP contribution in [-0.2, 0) is 16.6 Å². The Labute approximate surface area is 190 Å². The van der Waals surface area contributed by atoms with Crippen LogP contribution in [0.5, 0.6) is 11.5 Å². The molecule has 0 aliphatic carbocycles. The van der Waals surface area contributed by atoms with E-state index in [0.717, 1.165) is 16.7 Å². The van der Waals surface area contributed by atoms with Crippen molar-refractivity contribution in [2.24, 2.45) is 0 Å². The van der Waals surface area contributed by atoms with Crippen LogP contribution >= 0.6 is 11.6 Å². The molecule has 0 radical (unpaired) electrons. The fourth-order valence-corrected chi connectivity index (χ4v) is 4.38. The first-order chi connectivity index (χ1) is 15.3. The Morgan fingerprint density at radius 2 is 1.75 bits per heavy atom. The Bertz CT molecular complexity index is 1170. The van der Waals surface area contributed by atoms with Crippen LogP contribution in [0, 0.1) is 11.6 Å². The normalized spacial score (nSPS) is 10.7. The maximum absolute atomic E-state index is 14.4. The van der Waals surface area contributed by atoms with Crippen molar-refractivity contribution in [1.29, 1.82) is 0 Å². The molecule has 3 rings (SSSR count). The zero-order valence-electron chi connectivity index (χ0n) is 17.8. The summed E-state index contributed by atoms with van der Waals surface area (Å²) in [6.07, 6.45) is 2.49. The third kappa shape index (κ3) is 5.43. The average Bonchev–Trinajstić information content (AvgIpc) is 2.81. The molecular formula is C21H22ClF2N3O4S. The highest BCUT2D eigenvalue weighted by Crippen LogP contribution is 2.32. The fraction of sp³-hybridized carbons (Fsp3) is 0.238. The van der Waals surface area contributed by atoms with Crippen LogP contribution in [0.1, 0.15) is 19.4 Å². The summed E-state index contributed by atoms with van der Waals surface area (Å²) in [5.74, 6) is -1.52. The molecule has 0 unspecified atom stereocenters. The second-order valence-corrected chi connectivity index (χ2v) is 8.19. The second-order valence-electron chi connectivity index (χ2n) is 5.95. The minimum Gasteiger partial charge on any atom is -0.497 e. The predicted octanol–water partition coefficient (Wildman–Crippen LogP) is 4.85. The van der Waals surface area contributed by atoms with Gasteiger partial charge in [-0.1, -0.05) is 25.4 Å². The zero-order valence-corrected chi connectivity index (χ0v) is 19.4. The Morgan fingerprint density at radius 1 is 1.03 bits per heavy atom. The van der Waals surface area contributed by atoms with Crippen molar-refractivity contribution in [2.45, 2.75) is 25.3 Å². The van der Waals surface area contributed by atoms with Gasteiger partial charge in [0.2, 0.25) is 0 Å². The van der Waals surface area contributed by atoms with Gasteiger partial charge >= 0.3 is 0 Å². The van der Waals surface area contributed by atoms with Crippen molar-refractivity contribution in [3.8, 4) is 11.5 Å². The number of nitrogens with zero attached hydrogens (tertiary/aromatic N) is 3. The molecule has 0 saturated carbocycles. The predicted molar refractivity (Wildman–Crippen MR) is 118 cm³/mol. The number of benzene rings is 2. The van der Waals surface area contributed by atoms with Gasteiger partial charge in [-0.05, 0) is 18.2 Å². The molecular weight excluding hydrogens is 464 g/mol. The van der Waals surface area contributed by atoms with Crippen molar-refractivity contribution in [3.63, 3.8) is 0 Å². The number of ether oxygens (including phenoxy) is 2. The van der Waals surface area contributed by atoms with Gasteiger partial charge in [0.05, 0.1) is 25.8 Å². The maximum atomic E-state index is 14.4. The van der Waals surface area contributed by atoms with Crippen LogP contribution in [0.4, 0.5) is 14.6 Å². The summed E-state index contributed by atoms with van der Waals surface area (Å²) in [6.45, 7) is 3.74. The first-order valence-corrected chi connectivity index (χ1v) is 11.2. The van der Waals surface area contributed by atoms with Crippen molar-refractivity contribution in [1.82, 2.24) is 9.97 Å². The monoisotopic (exact) mass is 485 g/mol. The quantitative estimate of drug-likeness (QED) is 0.445. The molecule has 0 fully saturated rings. The van der Waals surface area contributed by atoms with Gasteiger partial charge in [0.15, 0.2) is 0 Å². The number of anilines is 1. The van der Waals surface area contributed by atoms with Gasteiger partial charge < -0.3 is 9.47 Å². The number of halogens is 3. The van der Waals surface area contributed by atoms with Crippen LogP contribution in [-0.4, -0.2) is 32.6 Å². The lowest BCUT2D eigenvalue weighted by Gasteiger charge is -2.24. The second kappa shape index (κ2) is 11.1. The van der Waals surface area contributed by atoms with Gasteiger partial charge in [0.1, 0.15) is 40.2 Å². The highest BCUT2D eigenvalue weighted by atomic mass is 35.5. The standard InChI is InChI=1S/C19H16ClF2N3O4S.C2H6/c1-28-13-4-3-12(17(7-13)29-2)10-25(19-5-6-23-11-24-19)30(26,27)18-8-14(20)15(21)9-16(18)22;1-2/h3-9,11H,10H2,1-2H3;1-2H3.